The van der Waals surface area contributed by atoms with Gasteiger partial charge in [-0.3, -0.25) is 4.79 Å². The maximum absolute atomic E-state index is 11.9. The van der Waals surface area contributed by atoms with E-state index in [2.05, 4.69) is 21.2 Å². The van der Waals surface area contributed by atoms with Gasteiger partial charge in [-0.1, -0.05) is 15.9 Å². The van der Waals surface area contributed by atoms with Crippen molar-refractivity contribution in [2.24, 2.45) is 5.41 Å². The summed E-state index contributed by atoms with van der Waals surface area (Å²) in [4.78, 5) is 11.9. The van der Waals surface area contributed by atoms with E-state index in [-0.39, 0.29) is 28.4 Å². The summed E-state index contributed by atoms with van der Waals surface area (Å²) in [5, 5.41) is 22.4. The summed E-state index contributed by atoms with van der Waals surface area (Å²) < 4.78 is 0. The van der Waals surface area contributed by atoms with E-state index in [9.17, 15) is 15.0 Å². The minimum Gasteiger partial charge on any atom is -0.508 e. The van der Waals surface area contributed by atoms with Crippen molar-refractivity contribution in [3.8, 4) is 11.5 Å². The molecule has 1 aromatic rings. The van der Waals surface area contributed by atoms with Crippen molar-refractivity contribution in [3.63, 3.8) is 0 Å². The molecule has 1 aromatic carbocycles. The Bertz CT molecular complexity index is 437. The van der Waals surface area contributed by atoms with Gasteiger partial charge in [0.25, 0.3) is 5.91 Å². The highest BCUT2D eigenvalue weighted by molar-refractivity contribution is 9.09. The van der Waals surface area contributed by atoms with E-state index < -0.39 is 0 Å². The maximum atomic E-state index is 11.9. The van der Waals surface area contributed by atoms with Crippen molar-refractivity contribution in [2.75, 3.05) is 11.9 Å². The molecule has 0 radical (unpaired) electrons. The highest BCUT2D eigenvalue weighted by Crippen LogP contribution is 2.48. The molecular formula is C13H16BrNO3. The van der Waals surface area contributed by atoms with Gasteiger partial charge in [-0.15, -0.1) is 0 Å². The number of hydrogen-bond acceptors (Lipinski definition) is 3. The minimum atomic E-state index is -0.262. The average Bonchev–Trinajstić information content (AvgIpc) is 3.06. The largest absolute Gasteiger partial charge is 0.508 e. The quantitative estimate of drug-likeness (QED) is 0.731. The zero-order chi connectivity index (χ0) is 13.2. The first-order valence-corrected chi connectivity index (χ1v) is 7.04. The number of carbonyl (C=O) groups is 1. The molecule has 1 fully saturated rings. The lowest BCUT2D eigenvalue weighted by Gasteiger charge is -2.14. The molecule has 5 heteroatoms. The van der Waals surface area contributed by atoms with Gasteiger partial charge in [0.15, 0.2) is 0 Å². The van der Waals surface area contributed by atoms with Gasteiger partial charge in [-0.05, 0) is 36.8 Å². The fourth-order valence-electron chi connectivity index (χ4n) is 1.99. The van der Waals surface area contributed by atoms with Crippen molar-refractivity contribution in [1.82, 2.24) is 5.32 Å². The third-order valence-corrected chi connectivity index (χ3v) is 3.77. The zero-order valence-electron chi connectivity index (χ0n) is 9.95. The summed E-state index contributed by atoms with van der Waals surface area (Å²) in [6, 6.07) is 3.89. The topological polar surface area (TPSA) is 69.6 Å². The molecule has 0 spiro atoms. The lowest BCUT2D eigenvalue weighted by Crippen LogP contribution is -2.30. The average molecular weight is 314 g/mol. The summed E-state index contributed by atoms with van der Waals surface area (Å²) in [6.07, 6.45) is 3.34. The number of alkyl halides is 1. The smallest absolute Gasteiger partial charge is 0.251 e. The molecule has 0 unspecified atom stereocenters. The Kier molecular flexibility index (Phi) is 3.80. The Morgan fingerprint density at radius 2 is 1.89 bits per heavy atom. The van der Waals surface area contributed by atoms with Crippen molar-refractivity contribution >= 4 is 21.8 Å². The van der Waals surface area contributed by atoms with Crippen LogP contribution in [0.1, 0.15) is 29.6 Å². The lowest BCUT2D eigenvalue weighted by atomic mass is 10.0. The molecule has 0 aromatic heterocycles. The lowest BCUT2D eigenvalue weighted by molar-refractivity contribution is 0.0943. The molecule has 98 valence electrons. The van der Waals surface area contributed by atoms with Crippen molar-refractivity contribution < 1.29 is 15.0 Å². The number of amides is 1. The predicted molar refractivity (Wildman–Crippen MR) is 72.2 cm³/mol. The number of rotatable bonds is 5. The Morgan fingerprint density at radius 3 is 2.39 bits per heavy atom. The molecule has 0 bridgehead atoms. The SMILES string of the molecule is O=C(NCC1(CCBr)CC1)c1cc(O)cc(O)c1. The van der Waals surface area contributed by atoms with Crippen LogP contribution < -0.4 is 5.32 Å². The number of nitrogens with one attached hydrogen (secondary N) is 1. The van der Waals surface area contributed by atoms with Gasteiger partial charge >= 0.3 is 0 Å². The molecule has 1 saturated carbocycles. The monoisotopic (exact) mass is 313 g/mol. The van der Waals surface area contributed by atoms with Crippen LogP contribution in [0.15, 0.2) is 18.2 Å². The number of benzene rings is 1. The number of hydrogen-bond donors (Lipinski definition) is 3. The van der Waals surface area contributed by atoms with Gasteiger partial charge in [-0.2, -0.15) is 0 Å². The second kappa shape index (κ2) is 5.18. The fourth-order valence-corrected chi connectivity index (χ4v) is 2.83. The first-order chi connectivity index (χ1) is 8.54. The van der Waals surface area contributed by atoms with Crippen LogP contribution in [-0.4, -0.2) is 28.0 Å². The standard InChI is InChI=1S/C13H16BrNO3/c14-4-3-13(1-2-13)8-15-12(18)9-5-10(16)7-11(17)6-9/h5-7,16-17H,1-4,8H2,(H,15,18). The number of phenols is 2. The Morgan fingerprint density at radius 1 is 1.28 bits per heavy atom. The number of aromatic hydroxyl groups is 2. The fraction of sp³-hybridized carbons (Fsp3) is 0.462. The van der Waals surface area contributed by atoms with E-state index in [0.717, 1.165) is 24.6 Å². The molecule has 1 amide bonds. The zero-order valence-corrected chi connectivity index (χ0v) is 11.5. The molecule has 4 nitrogen and oxygen atoms in total. The van der Waals surface area contributed by atoms with Crippen LogP contribution in [0.5, 0.6) is 11.5 Å². The van der Waals surface area contributed by atoms with Gasteiger partial charge in [0.1, 0.15) is 11.5 Å². The third kappa shape index (κ3) is 3.16. The normalized spacial score (nSPS) is 16.3. The first kappa shape index (κ1) is 13.2. The van der Waals surface area contributed by atoms with E-state index in [1.165, 1.54) is 18.2 Å². The summed E-state index contributed by atoms with van der Waals surface area (Å²) in [5.74, 6) is -0.481. The van der Waals surface area contributed by atoms with Crippen LogP contribution in [-0.2, 0) is 0 Å². The summed E-state index contributed by atoms with van der Waals surface area (Å²) >= 11 is 3.42. The Labute approximate surface area is 114 Å². The number of carbonyl (C=O) groups excluding carboxylic acids is 1. The van der Waals surface area contributed by atoms with Crippen LogP contribution >= 0.6 is 15.9 Å². The Hall–Kier alpha value is -1.23. The van der Waals surface area contributed by atoms with Crippen LogP contribution in [0.3, 0.4) is 0 Å². The van der Waals surface area contributed by atoms with Gasteiger partial charge < -0.3 is 15.5 Å². The maximum Gasteiger partial charge on any atom is 0.251 e. The summed E-state index contributed by atoms with van der Waals surface area (Å²) in [5.41, 5.74) is 0.528. The van der Waals surface area contributed by atoms with Gasteiger partial charge in [0.05, 0.1) is 0 Å². The summed E-state index contributed by atoms with van der Waals surface area (Å²) in [6.45, 7) is 0.647. The molecule has 2 rings (SSSR count). The molecule has 18 heavy (non-hydrogen) atoms. The van der Waals surface area contributed by atoms with Crippen LogP contribution in [0, 0.1) is 5.41 Å². The molecule has 1 aliphatic rings. The van der Waals surface area contributed by atoms with Crippen LogP contribution in [0.25, 0.3) is 0 Å². The van der Waals surface area contributed by atoms with E-state index in [1.54, 1.807) is 0 Å². The van der Waals surface area contributed by atoms with Gasteiger partial charge in [-0.25, -0.2) is 0 Å². The highest BCUT2D eigenvalue weighted by Gasteiger charge is 2.41. The van der Waals surface area contributed by atoms with Crippen molar-refractivity contribution in [1.29, 1.82) is 0 Å². The first-order valence-electron chi connectivity index (χ1n) is 5.92. The second-order valence-corrected chi connectivity index (χ2v) is 5.65. The Balaban J connectivity index is 1.95. The predicted octanol–water partition coefficient (Wildman–Crippen LogP) is 2.39. The summed E-state index contributed by atoms with van der Waals surface area (Å²) in [7, 11) is 0. The van der Waals surface area contributed by atoms with E-state index in [1.807, 2.05) is 0 Å². The third-order valence-electron chi connectivity index (χ3n) is 3.37. The van der Waals surface area contributed by atoms with Crippen molar-refractivity contribution in [2.45, 2.75) is 19.3 Å². The molecule has 0 saturated heterocycles. The minimum absolute atomic E-state index is 0.109. The molecule has 3 N–H and O–H groups in total. The highest BCUT2D eigenvalue weighted by atomic mass is 79.9. The number of phenolic OH excluding ortho intramolecular Hbond substituents is 2. The molecule has 0 heterocycles. The van der Waals surface area contributed by atoms with E-state index >= 15 is 0 Å². The number of halogens is 1. The van der Waals surface area contributed by atoms with Gasteiger partial charge in [0, 0.05) is 23.5 Å². The van der Waals surface area contributed by atoms with Crippen LogP contribution in [0.2, 0.25) is 0 Å². The molecule has 0 aliphatic heterocycles. The van der Waals surface area contributed by atoms with E-state index in [0.29, 0.717) is 6.54 Å². The molecule has 1 aliphatic carbocycles. The second-order valence-electron chi connectivity index (χ2n) is 4.86. The molecule has 0 atom stereocenters. The van der Waals surface area contributed by atoms with Gasteiger partial charge in [0.2, 0.25) is 0 Å². The molecular weight excluding hydrogens is 298 g/mol. The van der Waals surface area contributed by atoms with Crippen molar-refractivity contribution in [3.05, 3.63) is 23.8 Å². The van der Waals surface area contributed by atoms with E-state index in [4.69, 9.17) is 0 Å². The van der Waals surface area contributed by atoms with Crippen LogP contribution in [0.4, 0.5) is 0 Å².